The van der Waals surface area contributed by atoms with Crippen molar-refractivity contribution >= 4 is 39.9 Å². The normalized spacial score (nSPS) is 13.1. The summed E-state index contributed by atoms with van der Waals surface area (Å²) in [6.07, 6.45) is 3.78. The van der Waals surface area contributed by atoms with E-state index >= 15 is 0 Å². The van der Waals surface area contributed by atoms with E-state index in [2.05, 4.69) is 20.8 Å². The number of hydrogen-bond donors (Lipinski definition) is 2. The quantitative estimate of drug-likeness (QED) is 0.579. The van der Waals surface area contributed by atoms with Crippen LogP contribution in [0.4, 0.5) is 9.39 Å². The molecule has 4 rings (SSSR count). The molecular weight excluding hydrogens is 415 g/mol. The number of carbonyl (C=O) groups is 2. The van der Waals surface area contributed by atoms with Gasteiger partial charge in [-0.15, -0.1) is 16.4 Å². The molecule has 29 heavy (non-hydrogen) atoms. The fraction of sp³-hybridized carbons (Fsp3) is 0.278. The van der Waals surface area contributed by atoms with Gasteiger partial charge < -0.3 is 11.1 Å². The van der Waals surface area contributed by atoms with Gasteiger partial charge in [0, 0.05) is 4.88 Å². The second-order valence-electron chi connectivity index (χ2n) is 6.47. The number of rotatable bonds is 6. The summed E-state index contributed by atoms with van der Waals surface area (Å²) in [5.74, 6) is -1.21. The van der Waals surface area contributed by atoms with Gasteiger partial charge in [-0.05, 0) is 59.9 Å². The molecule has 8 nitrogen and oxygen atoms in total. The number of nitrogens with zero attached hydrogens (tertiary/aromatic N) is 4. The van der Waals surface area contributed by atoms with Gasteiger partial charge in [0.2, 0.25) is 11.1 Å². The number of amides is 2. The molecule has 2 aromatic heterocycles. The Labute approximate surface area is 173 Å². The molecule has 2 amide bonds. The molecule has 0 atom stereocenters. The Hall–Kier alpha value is -2.79. The third kappa shape index (κ3) is 4.15. The van der Waals surface area contributed by atoms with E-state index in [-0.39, 0.29) is 11.7 Å². The first-order valence-electron chi connectivity index (χ1n) is 8.94. The first-order valence-corrected chi connectivity index (χ1v) is 10.7. The standard InChI is InChI=1S/C18H17FN6O2S2/c19-10-4-3-5-11(8-10)25-18(22-23-24-25)28-9-14(26)21-17-15(16(20)27)12-6-1-2-7-13(12)29-17/h3-5,8H,1-2,6-7,9H2,(H2,20,27)(H,21,26). The number of primary amides is 1. The van der Waals surface area contributed by atoms with Crippen LogP contribution in [0, 0.1) is 5.82 Å². The van der Waals surface area contributed by atoms with Crippen molar-refractivity contribution in [1.29, 1.82) is 0 Å². The van der Waals surface area contributed by atoms with Crippen LogP contribution in [0.15, 0.2) is 29.4 Å². The average Bonchev–Trinajstić information content (AvgIpc) is 3.30. The lowest BCUT2D eigenvalue weighted by Crippen LogP contribution is -2.19. The van der Waals surface area contributed by atoms with Gasteiger partial charge in [-0.25, -0.2) is 4.39 Å². The highest BCUT2D eigenvalue weighted by Crippen LogP contribution is 2.38. The maximum atomic E-state index is 13.5. The molecule has 1 aliphatic carbocycles. The van der Waals surface area contributed by atoms with Gasteiger partial charge in [0.1, 0.15) is 10.8 Å². The van der Waals surface area contributed by atoms with Gasteiger partial charge in [0.15, 0.2) is 0 Å². The van der Waals surface area contributed by atoms with Crippen LogP contribution in [-0.2, 0) is 17.6 Å². The predicted octanol–water partition coefficient (Wildman–Crippen LogP) is 2.57. The highest BCUT2D eigenvalue weighted by molar-refractivity contribution is 7.99. The van der Waals surface area contributed by atoms with Crippen LogP contribution < -0.4 is 11.1 Å². The second-order valence-corrected chi connectivity index (χ2v) is 8.52. The SMILES string of the molecule is NC(=O)c1c(NC(=O)CSc2nnnn2-c2cccc(F)c2)sc2c1CCCC2. The zero-order valence-electron chi connectivity index (χ0n) is 15.2. The van der Waals surface area contributed by atoms with Crippen LogP contribution in [0.2, 0.25) is 0 Å². The summed E-state index contributed by atoms with van der Waals surface area (Å²) in [5.41, 5.74) is 7.40. The molecular formula is C18H17FN6O2S2. The maximum Gasteiger partial charge on any atom is 0.251 e. The minimum atomic E-state index is -0.526. The molecule has 0 bridgehead atoms. The van der Waals surface area contributed by atoms with E-state index in [9.17, 15) is 14.0 Å². The van der Waals surface area contributed by atoms with Gasteiger partial charge in [-0.1, -0.05) is 17.8 Å². The molecule has 0 aliphatic heterocycles. The topological polar surface area (TPSA) is 116 Å². The van der Waals surface area contributed by atoms with Crippen molar-refractivity contribution in [3.8, 4) is 5.69 Å². The van der Waals surface area contributed by atoms with Gasteiger partial charge in [-0.3, -0.25) is 9.59 Å². The summed E-state index contributed by atoms with van der Waals surface area (Å²) in [6.45, 7) is 0. The summed E-state index contributed by atoms with van der Waals surface area (Å²) in [5, 5.41) is 15.0. The van der Waals surface area contributed by atoms with Crippen LogP contribution in [-0.4, -0.2) is 37.8 Å². The van der Waals surface area contributed by atoms with Crippen molar-refractivity contribution in [3.63, 3.8) is 0 Å². The Morgan fingerprint density at radius 3 is 2.93 bits per heavy atom. The lowest BCUT2D eigenvalue weighted by Gasteiger charge is -2.11. The number of thioether (sulfide) groups is 1. The van der Waals surface area contributed by atoms with Crippen molar-refractivity contribution in [2.75, 3.05) is 11.1 Å². The Bertz CT molecular complexity index is 1080. The third-order valence-electron chi connectivity index (χ3n) is 4.50. The number of tetrazole rings is 1. The number of benzene rings is 1. The van der Waals surface area contributed by atoms with Gasteiger partial charge in [0.25, 0.3) is 5.91 Å². The van der Waals surface area contributed by atoms with E-state index in [0.29, 0.717) is 21.4 Å². The molecule has 150 valence electrons. The van der Waals surface area contributed by atoms with Gasteiger partial charge in [-0.2, -0.15) is 4.68 Å². The number of aryl methyl sites for hydroxylation is 1. The first kappa shape index (κ1) is 19.5. The lowest BCUT2D eigenvalue weighted by molar-refractivity contribution is -0.113. The molecule has 0 fully saturated rings. The van der Waals surface area contributed by atoms with Crippen LogP contribution in [0.25, 0.3) is 5.69 Å². The Morgan fingerprint density at radius 2 is 2.14 bits per heavy atom. The Morgan fingerprint density at radius 1 is 1.31 bits per heavy atom. The number of aromatic nitrogens is 4. The molecule has 0 spiro atoms. The number of thiophene rings is 1. The van der Waals surface area contributed by atoms with Gasteiger partial charge >= 0.3 is 0 Å². The summed E-state index contributed by atoms with van der Waals surface area (Å²) in [4.78, 5) is 25.5. The zero-order valence-corrected chi connectivity index (χ0v) is 16.9. The molecule has 0 saturated carbocycles. The number of hydrogen-bond acceptors (Lipinski definition) is 7. The molecule has 1 aromatic carbocycles. The van der Waals surface area contributed by atoms with Crippen molar-refractivity contribution < 1.29 is 14.0 Å². The van der Waals surface area contributed by atoms with Crippen LogP contribution >= 0.6 is 23.1 Å². The largest absolute Gasteiger partial charge is 0.365 e. The number of carbonyl (C=O) groups excluding carboxylic acids is 2. The van der Waals surface area contributed by atoms with Crippen molar-refractivity contribution in [2.24, 2.45) is 5.73 Å². The fourth-order valence-electron chi connectivity index (χ4n) is 3.25. The summed E-state index contributed by atoms with van der Waals surface area (Å²) in [7, 11) is 0. The van der Waals surface area contributed by atoms with E-state index in [0.717, 1.165) is 47.9 Å². The molecule has 2 heterocycles. The highest BCUT2D eigenvalue weighted by Gasteiger charge is 2.25. The minimum absolute atomic E-state index is 0.0243. The number of anilines is 1. The van der Waals surface area contributed by atoms with E-state index in [4.69, 9.17) is 5.73 Å². The predicted molar refractivity (Wildman–Crippen MR) is 108 cm³/mol. The fourth-order valence-corrected chi connectivity index (χ4v) is 5.25. The highest BCUT2D eigenvalue weighted by atomic mass is 32.2. The van der Waals surface area contributed by atoms with Crippen molar-refractivity contribution in [3.05, 3.63) is 46.1 Å². The Kier molecular flexibility index (Phi) is 5.58. The van der Waals surface area contributed by atoms with Crippen molar-refractivity contribution in [2.45, 2.75) is 30.8 Å². The average molecular weight is 433 g/mol. The van der Waals surface area contributed by atoms with Crippen LogP contribution in [0.3, 0.4) is 0 Å². The smallest absolute Gasteiger partial charge is 0.251 e. The Balaban J connectivity index is 1.47. The summed E-state index contributed by atoms with van der Waals surface area (Å²) in [6, 6.07) is 5.84. The van der Waals surface area contributed by atoms with E-state index in [1.54, 1.807) is 12.1 Å². The molecule has 3 N–H and O–H groups in total. The molecule has 0 unspecified atom stereocenters. The first-order chi connectivity index (χ1) is 14.0. The van der Waals surface area contributed by atoms with Crippen LogP contribution in [0.1, 0.15) is 33.6 Å². The third-order valence-corrected chi connectivity index (χ3v) is 6.62. The van der Waals surface area contributed by atoms with E-state index in [1.165, 1.54) is 28.2 Å². The molecule has 3 aromatic rings. The monoisotopic (exact) mass is 432 g/mol. The molecule has 11 heteroatoms. The number of nitrogens with two attached hydrogens (primary N) is 1. The molecule has 1 aliphatic rings. The molecule has 0 saturated heterocycles. The second kappa shape index (κ2) is 8.29. The summed E-state index contributed by atoms with van der Waals surface area (Å²) < 4.78 is 14.8. The minimum Gasteiger partial charge on any atom is -0.365 e. The van der Waals surface area contributed by atoms with E-state index in [1.807, 2.05) is 0 Å². The number of nitrogens with one attached hydrogen (secondary N) is 1. The number of halogens is 1. The van der Waals surface area contributed by atoms with Crippen molar-refractivity contribution in [1.82, 2.24) is 20.2 Å². The molecule has 0 radical (unpaired) electrons. The van der Waals surface area contributed by atoms with Gasteiger partial charge in [0.05, 0.1) is 17.0 Å². The maximum absolute atomic E-state index is 13.5. The van der Waals surface area contributed by atoms with Crippen LogP contribution in [0.5, 0.6) is 0 Å². The number of fused-ring (bicyclic) bond motifs is 1. The zero-order chi connectivity index (χ0) is 20.4. The lowest BCUT2D eigenvalue weighted by atomic mass is 9.95. The summed E-state index contributed by atoms with van der Waals surface area (Å²) >= 11 is 2.53. The van der Waals surface area contributed by atoms with E-state index < -0.39 is 11.7 Å².